The Hall–Kier alpha value is -2.56. The maximum absolute atomic E-state index is 12.0. The summed E-state index contributed by atoms with van der Waals surface area (Å²) in [5.41, 5.74) is 1.17. The first-order valence-electron chi connectivity index (χ1n) is 8.08. The van der Waals surface area contributed by atoms with E-state index in [1.165, 1.54) is 16.2 Å². The van der Waals surface area contributed by atoms with E-state index in [0.717, 1.165) is 0 Å². The van der Waals surface area contributed by atoms with Gasteiger partial charge in [0.15, 0.2) is 0 Å². The molecule has 0 spiro atoms. The van der Waals surface area contributed by atoms with E-state index in [0.29, 0.717) is 27.0 Å². The van der Waals surface area contributed by atoms with Gasteiger partial charge in [0.1, 0.15) is 6.10 Å². The van der Waals surface area contributed by atoms with Gasteiger partial charge in [0.2, 0.25) is 0 Å². The lowest BCUT2D eigenvalue weighted by Crippen LogP contribution is -2.34. The maximum Gasteiger partial charge on any atom is 0.414 e. The highest BCUT2D eigenvalue weighted by atomic mass is 35.5. The Balaban J connectivity index is 0.00000117. The Morgan fingerprint density at radius 1 is 1.35 bits per heavy atom. The molecule has 6 nitrogen and oxygen atoms in total. The summed E-state index contributed by atoms with van der Waals surface area (Å²) in [7, 11) is 0. The third kappa shape index (κ3) is 4.75. The van der Waals surface area contributed by atoms with E-state index >= 15 is 0 Å². The van der Waals surface area contributed by atoms with E-state index in [4.69, 9.17) is 21.6 Å². The fourth-order valence-corrected chi connectivity index (χ4v) is 3.24. The summed E-state index contributed by atoms with van der Waals surface area (Å²) in [6.45, 7) is 4.54. The van der Waals surface area contributed by atoms with Crippen molar-refractivity contribution < 1.29 is 14.3 Å². The van der Waals surface area contributed by atoms with Gasteiger partial charge in [-0.2, -0.15) is 5.26 Å². The number of benzene rings is 1. The van der Waals surface area contributed by atoms with Crippen LogP contribution in [0.2, 0.25) is 4.34 Å². The molecule has 0 saturated carbocycles. The summed E-state index contributed by atoms with van der Waals surface area (Å²) in [5.74, 6) is -0.250. The number of nitrogens with one attached hydrogen (secondary N) is 1. The van der Waals surface area contributed by atoms with Crippen molar-refractivity contribution in [2.75, 3.05) is 18.0 Å². The Morgan fingerprint density at radius 3 is 2.62 bits per heavy atom. The maximum atomic E-state index is 12.0. The third-order valence-electron chi connectivity index (χ3n) is 3.47. The number of hydrogen-bond donors (Lipinski definition) is 1. The number of carbonyl (C=O) groups is 2. The van der Waals surface area contributed by atoms with Crippen LogP contribution < -0.4 is 10.2 Å². The molecule has 0 radical (unpaired) electrons. The lowest BCUT2D eigenvalue weighted by Gasteiger charge is -2.13. The van der Waals surface area contributed by atoms with Crippen molar-refractivity contribution in [3.63, 3.8) is 0 Å². The molecule has 1 unspecified atom stereocenters. The Bertz CT molecular complexity index is 814. The molecule has 0 aliphatic carbocycles. The summed E-state index contributed by atoms with van der Waals surface area (Å²) in [6, 6.07) is 12.0. The smallest absolute Gasteiger partial charge is 0.414 e. The minimum absolute atomic E-state index is 0.215. The van der Waals surface area contributed by atoms with Gasteiger partial charge < -0.3 is 10.1 Å². The number of amides is 2. The zero-order valence-corrected chi connectivity index (χ0v) is 15.9. The molecule has 2 aromatic rings. The molecule has 1 fully saturated rings. The van der Waals surface area contributed by atoms with Crippen molar-refractivity contribution in [3.05, 3.63) is 51.2 Å². The van der Waals surface area contributed by atoms with Crippen LogP contribution in [0.15, 0.2) is 36.4 Å². The average molecular weight is 392 g/mol. The van der Waals surface area contributed by atoms with Gasteiger partial charge in [-0.25, -0.2) is 4.79 Å². The molecule has 1 saturated heterocycles. The summed E-state index contributed by atoms with van der Waals surface area (Å²) < 4.78 is 5.80. The number of halogens is 1. The van der Waals surface area contributed by atoms with Crippen LogP contribution in [-0.2, 0) is 4.74 Å². The molecule has 3 rings (SSSR count). The van der Waals surface area contributed by atoms with Crippen molar-refractivity contribution in [1.82, 2.24) is 5.32 Å². The number of nitriles is 1. The second-order valence-electron chi connectivity index (χ2n) is 5.09. The number of ether oxygens (including phenoxy) is 1. The van der Waals surface area contributed by atoms with Gasteiger partial charge in [-0.05, 0) is 36.4 Å². The summed E-state index contributed by atoms with van der Waals surface area (Å²) in [6.07, 6.45) is -0.911. The SMILES string of the molecule is CC.N#Cc1ccc(N2CC(CNC(=O)c3ccc(Cl)s3)OC2=O)cc1. The Labute approximate surface area is 160 Å². The Morgan fingerprint density at radius 2 is 2.04 bits per heavy atom. The average Bonchev–Trinajstić information content (AvgIpc) is 3.27. The highest BCUT2D eigenvalue weighted by Gasteiger charge is 2.32. The predicted octanol–water partition coefficient (Wildman–Crippen LogP) is 4.05. The van der Waals surface area contributed by atoms with E-state index in [2.05, 4.69) is 5.32 Å². The van der Waals surface area contributed by atoms with Gasteiger partial charge >= 0.3 is 6.09 Å². The van der Waals surface area contributed by atoms with E-state index in [-0.39, 0.29) is 12.5 Å². The number of cyclic esters (lactones) is 1. The fraction of sp³-hybridized carbons (Fsp3) is 0.278. The summed E-state index contributed by atoms with van der Waals surface area (Å²) in [4.78, 5) is 25.9. The molecule has 1 atom stereocenters. The van der Waals surface area contributed by atoms with Crippen LogP contribution in [0.5, 0.6) is 0 Å². The van der Waals surface area contributed by atoms with Crippen LogP contribution in [0.1, 0.15) is 29.1 Å². The van der Waals surface area contributed by atoms with Crippen molar-refractivity contribution in [2.24, 2.45) is 0 Å². The van der Waals surface area contributed by atoms with Gasteiger partial charge in [0.05, 0.1) is 33.9 Å². The lowest BCUT2D eigenvalue weighted by molar-refractivity contribution is 0.0920. The molecule has 26 heavy (non-hydrogen) atoms. The highest BCUT2D eigenvalue weighted by Crippen LogP contribution is 2.23. The standard InChI is InChI=1S/C16H12ClN3O3S.C2H6/c17-14-6-5-13(24-14)15(21)19-8-12-9-20(16(22)23-12)11-3-1-10(7-18)2-4-11;1-2/h1-6,12H,8-9H2,(H,19,21);1-2H3. The number of hydrogen-bond acceptors (Lipinski definition) is 5. The molecular weight excluding hydrogens is 374 g/mol. The number of nitrogens with zero attached hydrogens (tertiary/aromatic N) is 2. The molecule has 136 valence electrons. The molecule has 1 aliphatic heterocycles. The zero-order valence-electron chi connectivity index (χ0n) is 14.4. The molecule has 0 bridgehead atoms. The first-order chi connectivity index (χ1) is 12.6. The molecule has 1 aromatic heterocycles. The van der Waals surface area contributed by atoms with E-state index in [1.54, 1.807) is 36.4 Å². The minimum Gasteiger partial charge on any atom is -0.442 e. The number of carbonyl (C=O) groups excluding carboxylic acids is 2. The second kappa shape index (κ2) is 9.22. The highest BCUT2D eigenvalue weighted by molar-refractivity contribution is 7.17. The quantitative estimate of drug-likeness (QED) is 0.852. The van der Waals surface area contributed by atoms with Crippen LogP contribution in [0.25, 0.3) is 0 Å². The van der Waals surface area contributed by atoms with Crippen LogP contribution >= 0.6 is 22.9 Å². The summed E-state index contributed by atoms with van der Waals surface area (Å²) in [5, 5.41) is 11.5. The lowest BCUT2D eigenvalue weighted by atomic mass is 10.2. The van der Waals surface area contributed by atoms with E-state index in [9.17, 15) is 9.59 Å². The molecule has 8 heteroatoms. The fourth-order valence-electron chi connectivity index (χ4n) is 2.28. The first-order valence-corrected chi connectivity index (χ1v) is 9.28. The van der Waals surface area contributed by atoms with Gasteiger partial charge in [0, 0.05) is 5.69 Å². The Kier molecular flexibility index (Phi) is 7.01. The predicted molar refractivity (Wildman–Crippen MR) is 102 cm³/mol. The molecule has 1 aliphatic rings. The van der Waals surface area contributed by atoms with Crippen molar-refractivity contribution in [3.8, 4) is 6.07 Å². The number of thiophene rings is 1. The van der Waals surface area contributed by atoms with Gasteiger partial charge in [0.25, 0.3) is 5.91 Å². The first kappa shape index (κ1) is 19.8. The number of anilines is 1. The summed E-state index contributed by atoms with van der Waals surface area (Å²) >= 11 is 6.99. The van der Waals surface area contributed by atoms with Crippen molar-refractivity contribution in [1.29, 1.82) is 5.26 Å². The van der Waals surface area contributed by atoms with Crippen LogP contribution in [0, 0.1) is 11.3 Å². The van der Waals surface area contributed by atoms with E-state index in [1.807, 2.05) is 19.9 Å². The topological polar surface area (TPSA) is 82.4 Å². The van der Waals surface area contributed by atoms with Gasteiger partial charge in [-0.15, -0.1) is 11.3 Å². The largest absolute Gasteiger partial charge is 0.442 e. The van der Waals surface area contributed by atoms with Crippen molar-refractivity contribution >= 4 is 40.6 Å². The molecular formula is C18H18ClN3O3S. The molecule has 1 N–H and O–H groups in total. The molecule has 2 amide bonds. The van der Waals surface area contributed by atoms with Crippen LogP contribution in [0.4, 0.5) is 10.5 Å². The van der Waals surface area contributed by atoms with Gasteiger partial charge in [-0.3, -0.25) is 9.69 Å². The van der Waals surface area contributed by atoms with Gasteiger partial charge in [-0.1, -0.05) is 25.4 Å². The zero-order chi connectivity index (χ0) is 19.1. The normalized spacial score (nSPS) is 15.5. The van der Waals surface area contributed by atoms with Crippen LogP contribution in [0.3, 0.4) is 0 Å². The molecule has 1 aromatic carbocycles. The monoisotopic (exact) mass is 391 g/mol. The third-order valence-corrected chi connectivity index (χ3v) is 4.70. The number of rotatable bonds is 4. The van der Waals surface area contributed by atoms with Crippen molar-refractivity contribution in [2.45, 2.75) is 20.0 Å². The van der Waals surface area contributed by atoms with Crippen LogP contribution in [-0.4, -0.2) is 31.2 Å². The second-order valence-corrected chi connectivity index (χ2v) is 6.80. The minimum atomic E-state index is -0.474. The molecule has 2 heterocycles. The van der Waals surface area contributed by atoms with E-state index < -0.39 is 12.2 Å².